The van der Waals surface area contributed by atoms with Crippen molar-refractivity contribution in [1.82, 2.24) is 20.1 Å². The second-order valence-corrected chi connectivity index (χ2v) is 12.1. The van der Waals surface area contributed by atoms with Crippen LogP contribution in [0.1, 0.15) is 49.7 Å². The van der Waals surface area contributed by atoms with E-state index in [-0.39, 0.29) is 23.7 Å². The zero-order chi connectivity index (χ0) is 30.8. The van der Waals surface area contributed by atoms with E-state index in [9.17, 15) is 18.0 Å². The molecule has 2 aliphatic rings. The number of carbonyl (C=O) groups is 1. The maximum absolute atomic E-state index is 13.0. The van der Waals surface area contributed by atoms with E-state index < -0.39 is 6.36 Å². The Morgan fingerprint density at radius 2 is 1.82 bits per heavy atom. The fourth-order valence-electron chi connectivity index (χ4n) is 5.30. The third-order valence-corrected chi connectivity index (χ3v) is 8.62. The van der Waals surface area contributed by atoms with Crippen molar-refractivity contribution in [2.45, 2.75) is 50.9 Å². The number of ether oxygens (including phenoxy) is 1. The van der Waals surface area contributed by atoms with Crippen molar-refractivity contribution in [2.24, 2.45) is 4.99 Å². The van der Waals surface area contributed by atoms with Gasteiger partial charge in [-0.25, -0.2) is 14.5 Å². The topological polar surface area (TPSA) is 84.6 Å². The first-order valence-corrected chi connectivity index (χ1v) is 15.4. The van der Waals surface area contributed by atoms with Crippen molar-refractivity contribution in [3.05, 3.63) is 90.3 Å². The lowest BCUT2D eigenvalue weighted by Crippen LogP contribution is -2.36. The number of hydrogen-bond donors (Lipinski definition) is 1. The highest BCUT2D eigenvalue weighted by Gasteiger charge is 2.39. The maximum atomic E-state index is 13.0. The van der Waals surface area contributed by atoms with Gasteiger partial charge in [0.15, 0.2) is 11.0 Å². The van der Waals surface area contributed by atoms with E-state index in [1.807, 2.05) is 36.4 Å². The minimum Gasteiger partial charge on any atom is -0.406 e. The number of hydrogen-bond acceptors (Lipinski definition) is 5. The monoisotopic (exact) mass is 620 g/mol. The van der Waals surface area contributed by atoms with Crippen molar-refractivity contribution >= 4 is 28.6 Å². The molecule has 2 atom stereocenters. The van der Waals surface area contributed by atoms with E-state index in [0.29, 0.717) is 17.4 Å². The smallest absolute Gasteiger partial charge is 0.406 e. The minimum atomic E-state index is -4.74. The molecule has 3 aromatic carbocycles. The Morgan fingerprint density at radius 1 is 1.07 bits per heavy atom. The summed E-state index contributed by atoms with van der Waals surface area (Å²) in [6, 6.07) is 21.3. The fraction of sp³-hybridized carbons (Fsp3) is 0.312. The molecule has 8 nitrogen and oxygen atoms in total. The van der Waals surface area contributed by atoms with Crippen molar-refractivity contribution in [3.63, 3.8) is 0 Å². The SMILES string of the molecule is CC(C)c1ccccc1N1CCCSC1=NC(=O)NC1CC1c1ccc(-c2ncn(-c3ccc(OC(F)(F)F)cc3)n2)cc1. The first-order chi connectivity index (χ1) is 21.1. The highest BCUT2D eigenvalue weighted by atomic mass is 32.2. The Balaban J connectivity index is 1.07. The molecule has 2 heterocycles. The van der Waals surface area contributed by atoms with Gasteiger partial charge in [-0.05, 0) is 60.2 Å². The Hall–Kier alpha value is -4.32. The van der Waals surface area contributed by atoms with Crippen LogP contribution in [-0.4, -0.2) is 50.7 Å². The van der Waals surface area contributed by atoms with Crippen LogP contribution >= 0.6 is 11.8 Å². The molecule has 0 bridgehead atoms. The molecule has 4 aromatic rings. The summed E-state index contributed by atoms with van der Waals surface area (Å²) >= 11 is 1.62. The average molecular weight is 621 g/mol. The van der Waals surface area contributed by atoms with Gasteiger partial charge >= 0.3 is 12.4 Å². The summed E-state index contributed by atoms with van der Waals surface area (Å²) in [7, 11) is 0. The molecule has 1 saturated heterocycles. The van der Waals surface area contributed by atoms with E-state index in [0.717, 1.165) is 47.1 Å². The quantitative estimate of drug-likeness (QED) is 0.230. The van der Waals surface area contributed by atoms with Gasteiger partial charge in [0.2, 0.25) is 0 Å². The largest absolute Gasteiger partial charge is 0.573 e. The molecule has 2 amide bonds. The van der Waals surface area contributed by atoms with Gasteiger partial charge < -0.3 is 15.0 Å². The highest BCUT2D eigenvalue weighted by molar-refractivity contribution is 8.14. The molecule has 44 heavy (non-hydrogen) atoms. The first-order valence-electron chi connectivity index (χ1n) is 14.4. The van der Waals surface area contributed by atoms with E-state index in [2.05, 4.69) is 56.0 Å². The van der Waals surface area contributed by atoms with E-state index in [4.69, 9.17) is 0 Å². The molecule has 2 fully saturated rings. The van der Waals surface area contributed by atoms with E-state index >= 15 is 0 Å². The molecule has 1 N–H and O–H groups in total. The van der Waals surface area contributed by atoms with Crippen LogP contribution in [0.15, 0.2) is 84.1 Å². The van der Waals surface area contributed by atoms with Crippen LogP contribution in [0, 0.1) is 0 Å². The predicted octanol–water partition coefficient (Wildman–Crippen LogP) is 7.52. The van der Waals surface area contributed by atoms with Crippen molar-refractivity contribution in [1.29, 1.82) is 0 Å². The van der Waals surface area contributed by atoms with Gasteiger partial charge in [-0.15, -0.1) is 18.3 Å². The second-order valence-electron chi connectivity index (χ2n) is 11.0. The van der Waals surface area contributed by atoms with Crippen LogP contribution in [0.5, 0.6) is 5.75 Å². The lowest BCUT2D eigenvalue weighted by atomic mass is 10.0. The predicted molar refractivity (Wildman–Crippen MR) is 166 cm³/mol. The van der Waals surface area contributed by atoms with Crippen LogP contribution in [0.4, 0.5) is 23.7 Å². The van der Waals surface area contributed by atoms with Gasteiger partial charge in [-0.2, -0.15) is 4.99 Å². The summed E-state index contributed by atoms with van der Waals surface area (Å²) < 4.78 is 42.7. The normalized spacial score (nSPS) is 19.3. The van der Waals surface area contributed by atoms with Crippen LogP contribution in [0.25, 0.3) is 17.1 Å². The van der Waals surface area contributed by atoms with Gasteiger partial charge in [0.25, 0.3) is 0 Å². The Morgan fingerprint density at radius 3 is 2.55 bits per heavy atom. The molecule has 12 heteroatoms. The molecular weight excluding hydrogens is 589 g/mol. The number of amidine groups is 1. The molecule has 6 rings (SSSR count). The van der Waals surface area contributed by atoms with E-state index in [1.54, 1.807) is 11.8 Å². The summed E-state index contributed by atoms with van der Waals surface area (Å²) in [6.07, 6.45) is -1.37. The lowest BCUT2D eigenvalue weighted by Gasteiger charge is -2.31. The number of aliphatic imine (C=N–C) groups is 1. The Labute approximate surface area is 257 Å². The van der Waals surface area contributed by atoms with Gasteiger partial charge in [-0.1, -0.05) is 68.1 Å². The van der Waals surface area contributed by atoms with E-state index in [1.165, 1.54) is 40.8 Å². The molecule has 1 saturated carbocycles. The molecular formula is C32H31F3N6O2S. The van der Waals surface area contributed by atoms with Crippen LogP contribution in [-0.2, 0) is 0 Å². The molecule has 2 unspecified atom stereocenters. The molecule has 1 aliphatic heterocycles. The number of thioether (sulfide) groups is 1. The number of anilines is 1. The number of nitrogens with one attached hydrogen (secondary N) is 1. The van der Waals surface area contributed by atoms with Gasteiger partial charge in [0.1, 0.15) is 12.1 Å². The van der Waals surface area contributed by atoms with Crippen LogP contribution < -0.4 is 15.0 Å². The number of nitrogens with zero attached hydrogens (tertiary/aromatic N) is 5. The third-order valence-electron chi connectivity index (χ3n) is 7.56. The number of alkyl halides is 3. The van der Waals surface area contributed by atoms with Crippen molar-refractivity contribution in [2.75, 3.05) is 17.2 Å². The molecule has 0 radical (unpaired) electrons. The van der Waals surface area contributed by atoms with Gasteiger partial charge in [-0.3, -0.25) is 0 Å². The number of aromatic nitrogens is 3. The van der Waals surface area contributed by atoms with Crippen LogP contribution in [0.2, 0.25) is 0 Å². The number of urea groups is 1. The summed E-state index contributed by atoms with van der Waals surface area (Å²) in [5.41, 5.74) is 4.80. The number of amides is 2. The standard InChI is InChI=1S/C32H31F3N6O2S/c1-20(2)25-6-3-4-7-28(25)40-16-5-17-44-31(40)38-30(42)37-27-18-26(27)21-8-10-22(11-9-21)29-36-19-41(39-29)23-12-14-24(15-13-23)43-32(33,34)35/h3-4,6-15,19-20,26-27H,5,16-18H2,1-2H3,(H,37,42). The van der Waals surface area contributed by atoms with Gasteiger partial charge in [0, 0.05) is 35.5 Å². The third kappa shape index (κ3) is 6.91. The van der Waals surface area contributed by atoms with Crippen molar-refractivity contribution < 1.29 is 22.7 Å². The minimum absolute atomic E-state index is 0.0179. The number of para-hydroxylation sites is 1. The maximum Gasteiger partial charge on any atom is 0.573 e. The second kappa shape index (κ2) is 12.4. The summed E-state index contributed by atoms with van der Waals surface area (Å²) in [6.45, 7) is 5.17. The summed E-state index contributed by atoms with van der Waals surface area (Å²) in [5.74, 6) is 1.67. The average Bonchev–Trinajstić information content (AvgIpc) is 3.58. The van der Waals surface area contributed by atoms with Crippen molar-refractivity contribution in [3.8, 4) is 22.8 Å². The number of carbonyl (C=O) groups excluding carboxylic acids is 1. The van der Waals surface area contributed by atoms with Gasteiger partial charge in [0.05, 0.1) is 5.69 Å². The fourth-order valence-corrected chi connectivity index (χ4v) is 6.25. The first kappa shape index (κ1) is 29.7. The number of halogens is 3. The molecule has 1 aromatic heterocycles. The zero-order valence-corrected chi connectivity index (χ0v) is 25.0. The molecule has 1 aliphatic carbocycles. The molecule has 0 spiro atoms. The number of rotatable bonds is 7. The number of benzene rings is 3. The zero-order valence-electron chi connectivity index (χ0n) is 24.2. The molecule has 228 valence electrons. The lowest BCUT2D eigenvalue weighted by molar-refractivity contribution is -0.274. The summed E-state index contributed by atoms with van der Waals surface area (Å²) in [4.78, 5) is 24.0. The Bertz CT molecular complexity index is 1650. The summed E-state index contributed by atoms with van der Waals surface area (Å²) in [5, 5.41) is 8.28. The highest BCUT2D eigenvalue weighted by Crippen LogP contribution is 2.41. The van der Waals surface area contributed by atoms with Crippen LogP contribution in [0.3, 0.4) is 0 Å². The Kier molecular flexibility index (Phi) is 8.35.